The van der Waals surface area contributed by atoms with E-state index < -0.39 is 10.1 Å². The van der Waals surface area contributed by atoms with Crippen LogP contribution >= 0.6 is 11.8 Å². The van der Waals surface area contributed by atoms with Crippen LogP contribution in [0.5, 0.6) is 0 Å². The fourth-order valence-corrected chi connectivity index (χ4v) is 4.03. The predicted molar refractivity (Wildman–Crippen MR) is 69.6 cm³/mol. The van der Waals surface area contributed by atoms with Gasteiger partial charge in [-0.1, -0.05) is 36.0 Å². The molecule has 18 heavy (non-hydrogen) atoms. The molecule has 0 amide bonds. The molecule has 1 aliphatic heterocycles. The Hall–Kier alpha value is -1.30. The summed E-state index contributed by atoms with van der Waals surface area (Å²) >= 11 is 1.54. The topological polar surface area (TPSA) is 54.4 Å². The summed E-state index contributed by atoms with van der Waals surface area (Å²) in [4.78, 5) is 2.04. The lowest BCUT2D eigenvalue weighted by Gasteiger charge is -2.20. The molecule has 3 nitrogen and oxygen atoms in total. The van der Waals surface area contributed by atoms with Gasteiger partial charge in [0.05, 0.1) is 4.90 Å². The van der Waals surface area contributed by atoms with E-state index in [0.29, 0.717) is 12.0 Å². The summed E-state index contributed by atoms with van der Waals surface area (Å²) < 4.78 is 32.0. The first-order chi connectivity index (χ1) is 8.55. The molecule has 0 unspecified atom stereocenters. The minimum absolute atomic E-state index is 0.0157. The minimum Gasteiger partial charge on any atom is -0.282 e. The molecule has 1 heterocycles. The third-order valence-corrected chi connectivity index (χ3v) is 5.09. The van der Waals surface area contributed by atoms with Gasteiger partial charge >= 0.3 is 0 Å². The highest BCUT2D eigenvalue weighted by molar-refractivity contribution is 7.99. The van der Waals surface area contributed by atoms with Crippen molar-refractivity contribution in [3.05, 3.63) is 53.6 Å². The zero-order valence-electron chi connectivity index (χ0n) is 9.33. The molecule has 0 atom stereocenters. The summed E-state index contributed by atoms with van der Waals surface area (Å²) in [5.74, 6) is 0. The van der Waals surface area contributed by atoms with E-state index in [1.807, 2.05) is 30.3 Å². The van der Waals surface area contributed by atoms with Gasteiger partial charge in [-0.05, 0) is 29.3 Å². The fraction of sp³-hybridized carbons (Fsp3) is 0.0769. The van der Waals surface area contributed by atoms with Crippen LogP contribution in [0.2, 0.25) is 0 Å². The van der Waals surface area contributed by atoms with E-state index in [0.717, 1.165) is 15.4 Å². The maximum atomic E-state index is 11.4. The van der Waals surface area contributed by atoms with Gasteiger partial charge in [0, 0.05) is 16.2 Å². The summed E-state index contributed by atoms with van der Waals surface area (Å²) in [5, 5.41) is 0. The lowest BCUT2D eigenvalue weighted by Crippen LogP contribution is -2.08. The Morgan fingerprint density at radius 2 is 1.72 bits per heavy atom. The Morgan fingerprint density at radius 1 is 1.00 bits per heavy atom. The van der Waals surface area contributed by atoms with Gasteiger partial charge in [-0.2, -0.15) is 8.42 Å². The molecule has 2 aromatic carbocycles. The van der Waals surface area contributed by atoms with E-state index in [1.165, 1.54) is 17.8 Å². The molecule has 0 fully saturated rings. The highest BCUT2D eigenvalue weighted by Crippen LogP contribution is 2.41. The SMILES string of the molecule is O=S(=O)(O)c1cccc2c1Cc1ccccc1S2. The molecule has 2 aromatic rings. The van der Waals surface area contributed by atoms with Gasteiger partial charge < -0.3 is 0 Å². The molecule has 5 heteroatoms. The summed E-state index contributed by atoms with van der Waals surface area (Å²) in [5.41, 5.74) is 1.77. The first-order valence-electron chi connectivity index (χ1n) is 5.41. The maximum Gasteiger partial charge on any atom is 0.294 e. The van der Waals surface area contributed by atoms with Crippen molar-refractivity contribution in [3.8, 4) is 0 Å². The van der Waals surface area contributed by atoms with Crippen molar-refractivity contribution in [2.24, 2.45) is 0 Å². The van der Waals surface area contributed by atoms with Crippen LogP contribution in [0.1, 0.15) is 11.1 Å². The van der Waals surface area contributed by atoms with Crippen molar-refractivity contribution in [3.63, 3.8) is 0 Å². The highest BCUT2D eigenvalue weighted by Gasteiger charge is 2.23. The number of hydrogen-bond acceptors (Lipinski definition) is 3. The van der Waals surface area contributed by atoms with Crippen LogP contribution in [-0.4, -0.2) is 13.0 Å². The smallest absolute Gasteiger partial charge is 0.282 e. The molecule has 3 rings (SSSR count). The predicted octanol–water partition coefficient (Wildman–Crippen LogP) is 2.99. The second-order valence-corrected chi connectivity index (χ2v) is 6.57. The van der Waals surface area contributed by atoms with Crippen molar-refractivity contribution in [2.75, 3.05) is 0 Å². The van der Waals surface area contributed by atoms with Gasteiger partial charge in [0.2, 0.25) is 0 Å². The first kappa shape index (κ1) is 11.8. The molecule has 1 N–H and O–H groups in total. The van der Waals surface area contributed by atoms with Crippen molar-refractivity contribution in [1.29, 1.82) is 0 Å². The number of fused-ring (bicyclic) bond motifs is 2. The normalized spacial score (nSPS) is 13.8. The molecular formula is C13H10O3S2. The van der Waals surface area contributed by atoms with Gasteiger partial charge in [0.1, 0.15) is 0 Å². The van der Waals surface area contributed by atoms with Crippen molar-refractivity contribution >= 4 is 21.9 Å². The molecule has 0 saturated heterocycles. The number of benzene rings is 2. The third-order valence-electron chi connectivity index (χ3n) is 2.93. The lowest BCUT2D eigenvalue weighted by molar-refractivity contribution is 0.482. The Labute approximate surface area is 110 Å². The van der Waals surface area contributed by atoms with Crippen LogP contribution in [0.15, 0.2) is 57.2 Å². The van der Waals surface area contributed by atoms with E-state index >= 15 is 0 Å². The molecule has 0 aliphatic carbocycles. The van der Waals surface area contributed by atoms with E-state index in [2.05, 4.69) is 0 Å². The van der Waals surface area contributed by atoms with Crippen LogP contribution in [0.3, 0.4) is 0 Å². The minimum atomic E-state index is -4.16. The van der Waals surface area contributed by atoms with E-state index in [-0.39, 0.29) is 4.90 Å². The van der Waals surface area contributed by atoms with Gasteiger partial charge in [0.15, 0.2) is 0 Å². The molecule has 0 spiro atoms. The Morgan fingerprint density at radius 3 is 2.50 bits per heavy atom. The third kappa shape index (κ3) is 1.94. The highest BCUT2D eigenvalue weighted by atomic mass is 32.2. The standard InChI is InChI=1S/C13H10O3S2/c14-18(15,16)13-7-3-6-12-10(13)8-9-4-1-2-5-11(9)17-12/h1-7H,8H2,(H,14,15,16). The Balaban J connectivity index is 2.20. The van der Waals surface area contributed by atoms with Crippen molar-refractivity contribution < 1.29 is 13.0 Å². The van der Waals surface area contributed by atoms with Gasteiger partial charge in [0.25, 0.3) is 10.1 Å². The number of hydrogen-bond donors (Lipinski definition) is 1. The number of rotatable bonds is 1. The molecule has 0 bridgehead atoms. The summed E-state index contributed by atoms with van der Waals surface area (Å²) in [7, 11) is -4.16. The largest absolute Gasteiger partial charge is 0.294 e. The van der Waals surface area contributed by atoms with Crippen LogP contribution in [0.4, 0.5) is 0 Å². The Bertz CT molecular complexity index is 721. The average Bonchev–Trinajstić information content (AvgIpc) is 2.34. The second kappa shape index (κ2) is 4.12. The molecule has 1 aliphatic rings. The van der Waals surface area contributed by atoms with Crippen LogP contribution in [0.25, 0.3) is 0 Å². The van der Waals surface area contributed by atoms with Crippen LogP contribution in [-0.2, 0) is 16.5 Å². The van der Waals surface area contributed by atoms with Gasteiger partial charge in [-0.3, -0.25) is 4.55 Å². The molecular weight excluding hydrogens is 268 g/mol. The lowest BCUT2D eigenvalue weighted by atomic mass is 10.0. The van der Waals surface area contributed by atoms with Crippen molar-refractivity contribution in [2.45, 2.75) is 21.1 Å². The summed E-state index contributed by atoms with van der Waals surface area (Å²) in [6.45, 7) is 0. The average molecular weight is 278 g/mol. The Kier molecular flexibility index (Phi) is 2.69. The zero-order chi connectivity index (χ0) is 12.8. The summed E-state index contributed by atoms with van der Waals surface area (Å²) in [6.07, 6.45) is 0.536. The zero-order valence-corrected chi connectivity index (χ0v) is 11.0. The van der Waals surface area contributed by atoms with E-state index in [4.69, 9.17) is 0 Å². The van der Waals surface area contributed by atoms with Crippen LogP contribution in [0, 0.1) is 0 Å². The van der Waals surface area contributed by atoms with Gasteiger partial charge in [-0.15, -0.1) is 0 Å². The monoisotopic (exact) mass is 278 g/mol. The first-order valence-corrected chi connectivity index (χ1v) is 7.66. The maximum absolute atomic E-state index is 11.4. The van der Waals surface area contributed by atoms with E-state index in [1.54, 1.807) is 6.07 Å². The molecule has 0 aromatic heterocycles. The fourth-order valence-electron chi connectivity index (χ4n) is 2.12. The molecule has 0 radical (unpaired) electrons. The quantitative estimate of drug-likeness (QED) is 0.695. The summed E-state index contributed by atoms with van der Waals surface area (Å²) in [6, 6.07) is 12.9. The van der Waals surface area contributed by atoms with Crippen LogP contribution < -0.4 is 0 Å². The van der Waals surface area contributed by atoms with E-state index in [9.17, 15) is 13.0 Å². The molecule has 0 saturated carbocycles. The van der Waals surface area contributed by atoms with Crippen molar-refractivity contribution in [1.82, 2.24) is 0 Å². The second-order valence-electron chi connectivity index (χ2n) is 4.09. The van der Waals surface area contributed by atoms with Gasteiger partial charge in [-0.25, -0.2) is 0 Å². The molecule has 92 valence electrons.